The van der Waals surface area contributed by atoms with E-state index in [-0.39, 0.29) is 17.0 Å². The average Bonchev–Trinajstić information content (AvgIpc) is 3.12. The quantitative estimate of drug-likeness (QED) is 0.409. The van der Waals surface area contributed by atoms with Gasteiger partial charge < -0.3 is 17.0 Å². The molecule has 0 N–H and O–H groups in total. The Labute approximate surface area is 181 Å². The number of hydrogen-bond donors (Lipinski definition) is 0. The lowest BCUT2D eigenvalue weighted by Crippen LogP contribution is -3.00. The second kappa shape index (κ2) is 9.31. The molecule has 27 heavy (non-hydrogen) atoms. The van der Waals surface area contributed by atoms with Crippen LogP contribution in [0.25, 0.3) is 16.9 Å². The molecule has 0 unspecified atom stereocenters. The molecule has 1 heterocycles. The molecule has 0 aliphatic carbocycles. The first-order chi connectivity index (χ1) is 12.8. The number of thiazole rings is 1. The lowest BCUT2D eigenvalue weighted by atomic mass is 10.1. The maximum absolute atomic E-state index is 4.89. The molecule has 4 aromatic rings. The molecular weight excluding hydrogens is 484 g/mol. The van der Waals surface area contributed by atoms with Gasteiger partial charge in [-0.3, -0.25) is 9.56 Å². The fourth-order valence-corrected chi connectivity index (χ4v) is 3.98. The topological polar surface area (TPSA) is 17.3 Å². The van der Waals surface area contributed by atoms with Crippen LogP contribution in [0.2, 0.25) is 0 Å². The van der Waals surface area contributed by atoms with E-state index in [4.69, 9.17) is 4.99 Å². The molecule has 0 saturated carbocycles. The number of para-hydroxylation sites is 1. The van der Waals surface area contributed by atoms with Crippen LogP contribution in [0.4, 0.5) is 0 Å². The first-order valence-electron chi connectivity index (χ1n) is 8.37. The standard InChI is InChI=1S/C22H17BrN2S.BrH/c23-19-13-11-18(12-14-19)21-16-26-22(24-15-17-7-3-1-4-8-17)25(21)20-9-5-2-6-10-20;/h1-14,16H,15H2;1H/p-1. The van der Waals surface area contributed by atoms with Crippen LogP contribution in [0.3, 0.4) is 0 Å². The highest BCUT2D eigenvalue weighted by molar-refractivity contribution is 9.10. The lowest BCUT2D eigenvalue weighted by Gasteiger charge is -2.09. The maximum Gasteiger partial charge on any atom is 0.190 e. The Morgan fingerprint density at radius 2 is 1.44 bits per heavy atom. The molecule has 136 valence electrons. The summed E-state index contributed by atoms with van der Waals surface area (Å²) < 4.78 is 3.31. The van der Waals surface area contributed by atoms with Gasteiger partial charge in [-0.25, -0.2) is 0 Å². The minimum absolute atomic E-state index is 0. The molecule has 2 nitrogen and oxygen atoms in total. The van der Waals surface area contributed by atoms with Crippen LogP contribution in [0.1, 0.15) is 5.56 Å². The molecule has 0 atom stereocenters. The number of benzene rings is 3. The second-order valence-electron chi connectivity index (χ2n) is 5.88. The van der Waals surface area contributed by atoms with E-state index < -0.39 is 0 Å². The fraction of sp³-hybridized carbons (Fsp3) is 0.0455. The van der Waals surface area contributed by atoms with E-state index in [1.54, 1.807) is 11.3 Å². The van der Waals surface area contributed by atoms with E-state index >= 15 is 0 Å². The zero-order valence-electron chi connectivity index (χ0n) is 14.4. The van der Waals surface area contributed by atoms with Gasteiger partial charge in [0.15, 0.2) is 4.80 Å². The van der Waals surface area contributed by atoms with Gasteiger partial charge in [0.25, 0.3) is 0 Å². The Kier molecular flexibility index (Phi) is 6.83. The molecule has 0 saturated heterocycles. The highest BCUT2D eigenvalue weighted by Crippen LogP contribution is 2.25. The van der Waals surface area contributed by atoms with Crippen LogP contribution in [-0.4, -0.2) is 4.57 Å². The molecule has 0 radical (unpaired) electrons. The van der Waals surface area contributed by atoms with Crippen LogP contribution in [0, 0.1) is 0 Å². The Morgan fingerprint density at radius 3 is 2.11 bits per heavy atom. The Bertz CT molecular complexity index is 1050. The SMILES string of the molecule is Brc1ccc(-c2csc(=NCc3ccccc3)n2-c2ccccc2)cc1.[Br-]. The first-order valence-corrected chi connectivity index (χ1v) is 10.0. The molecule has 4 rings (SSSR count). The van der Waals surface area contributed by atoms with Gasteiger partial charge in [0, 0.05) is 15.5 Å². The summed E-state index contributed by atoms with van der Waals surface area (Å²) >= 11 is 5.19. The summed E-state index contributed by atoms with van der Waals surface area (Å²) in [7, 11) is 0. The monoisotopic (exact) mass is 499 g/mol. The molecule has 0 amide bonds. The molecule has 5 heteroatoms. The summed E-state index contributed by atoms with van der Waals surface area (Å²) in [5, 5.41) is 2.18. The Balaban J connectivity index is 0.00000210. The summed E-state index contributed by atoms with van der Waals surface area (Å²) in [6, 6.07) is 29.2. The zero-order chi connectivity index (χ0) is 17.8. The first kappa shape index (κ1) is 19.8. The molecule has 0 fully saturated rings. The van der Waals surface area contributed by atoms with Crippen molar-refractivity contribution in [3.05, 3.63) is 105 Å². The van der Waals surface area contributed by atoms with Gasteiger partial charge in [0.1, 0.15) is 0 Å². The van der Waals surface area contributed by atoms with E-state index in [2.05, 4.69) is 98.7 Å². The normalized spacial score (nSPS) is 11.2. The summed E-state index contributed by atoms with van der Waals surface area (Å²) in [5.41, 5.74) is 4.67. The van der Waals surface area contributed by atoms with Crippen molar-refractivity contribution in [2.75, 3.05) is 0 Å². The third-order valence-electron chi connectivity index (χ3n) is 4.10. The highest BCUT2D eigenvalue weighted by atomic mass is 79.9. The van der Waals surface area contributed by atoms with Crippen molar-refractivity contribution in [3.63, 3.8) is 0 Å². The van der Waals surface area contributed by atoms with Crippen LogP contribution in [-0.2, 0) is 6.54 Å². The molecular formula is C22H17Br2N2S-. The predicted molar refractivity (Wildman–Crippen MR) is 112 cm³/mol. The third-order valence-corrected chi connectivity index (χ3v) is 5.49. The van der Waals surface area contributed by atoms with Crippen molar-refractivity contribution in [1.82, 2.24) is 4.57 Å². The summed E-state index contributed by atoms with van der Waals surface area (Å²) in [5.74, 6) is 0. The highest BCUT2D eigenvalue weighted by Gasteiger charge is 2.09. The van der Waals surface area contributed by atoms with Gasteiger partial charge in [0.2, 0.25) is 0 Å². The summed E-state index contributed by atoms with van der Waals surface area (Å²) in [4.78, 5) is 5.89. The molecule has 1 aromatic heterocycles. The smallest absolute Gasteiger partial charge is 0.190 e. The van der Waals surface area contributed by atoms with Gasteiger partial charge in [-0.2, -0.15) is 0 Å². The van der Waals surface area contributed by atoms with E-state index in [9.17, 15) is 0 Å². The van der Waals surface area contributed by atoms with Crippen LogP contribution >= 0.6 is 27.3 Å². The maximum atomic E-state index is 4.89. The zero-order valence-corrected chi connectivity index (χ0v) is 18.4. The average molecular weight is 501 g/mol. The van der Waals surface area contributed by atoms with Crippen LogP contribution in [0.5, 0.6) is 0 Å². The van der Waals surface area contributed by atoms with Crippen LogP contribution < -0.4 is 21.8 Å². The molecule has 0 spiro atoms. The van der Waals surface area contributed by atoms with E-state index in [0.717, 1.165) is 20.7 Å². The summed E-state index contributed by atoms with van der Waals surface area (Å²) in [6.45, 7) is 0.675. The molecule has 0 aliphatic rings. The van der Waals surface area contributed by atoms with Crippen LogP contribution in [0.15, 0.2) is 99.8 Å². The van der Waals surface area contributed by atoms with Gasteiger partial charge in [-0.1, -0.05) is 76.6 Å². The Morgan fingerprint density at radius 1 is 0.815 bits per heavy atom. The fourth-order valence-electron chi connectivity index (χ4n) is 2.81. The molecule has 3 aromatic carbocycles. The third kappa shape index (κ3) is 4.67. The number of nitrogens with zero attached hydrogens (tertiary/aromatic N) is 2. The van der Waals surface area contributed by atoms with Crippen molar-refractivity contribution in [1.29, 1.82) is 0 Å². The number of halogens is 2. The van der Waals surface area contributed by atoms with Gasteiger partial charge in [-0.05, 0) is 35.4 Å². The van der Waals surface area contributed by atoms with Gasteiger partial charge in [-0.15, -0.1) is 11.3 Å². The predicted octanol–water partition coefficient (Wildman–Crippen LogP) is 3.07. The minimum atomic E-state index is 0. The van der Waals surface area contributed by atoms with E-state index in [1.165, 1.54) is 11.1 Å². The van der Waals surface area contributed by atoms with Crippen molar-refractivity contribution in [3.8, 4) is 16.9 Å². The Hall–Kier alpha value is -1.95. The minimum Gasteiger partial charge on any atom is -1.00 e. The largest absolute Gasteiger partial charge is 1.00 e. The van der Waals surface area contributed by atoms with E-state index in [1.807, 2.05) is 12.1 Å². The van der Waals surface area contributed by atoms with Crippen molar-refractivity contribution in [2.45, 2.75) is 6.54 Å². The van der Waals surface area contributed by atoms with E-state index in [0.29, 0.717) is 6.54 Å². The number of rotatable bonds is 4. The number of hydrogen-bond acceptors (Lipinski definition) is 2. The van der Waals surface area contributed by atoms with Gasteiger partial charge >= 0.3 is 0 Å². The lowest BCUT2D eigenvalue weighted by molar-refractivity contribution is -0.00000495. The van der Waals surface area contributed by atoms with Gasteiger partial charge in [0.05, 0.1) is 12.2 Å². The molecule has 0 bridgehead atoms. The van der Waals surface area contributed by atoms with Crippen molar-refractivity contribution in [2.24, 2.45) is 4.99 Å². The summed E-state index contributed by atoms with van der Waals surface area (Å²) in [6.07, 6.45) is 0. The number of aromatic nitrogens is 1. The van der Waals surface area contributed by atoms with Crippen molar-refractivity contribution >= 4 is 27.3 Å². The molecule has 0 aliphatic heterocycles. The van der Waals surface area contributed by atoms with Crippen molar-refractivity contribution < 1.29 is 17.0 Å². The second-order valence-corrected chi connectivity index (χ2v) is 7.64.